The molecule has 0 saturated carbocycles. The van der Waals surface area contributed by atoms with Gasteiger partial charge in [-0.05, 0) is 56.8 Å². The van der Waals surface area contributed by atoms with Crippen molar-refractivity contribution in [1.82, 2.24) is 0 Å². The van der Waals surface area contributed by atoms with E-state index in [1.165, 1.54) is 38.1 Å². The van der Waals surface area contributed by atoms with Gasteiger partial charge in [0.2, 0.25) is 0 Å². The molecule has 1 aromatic heterocycles. The summed E-state index contributed by atoms with van der Waals surface area (Å²) in [6.07, 6.45) is 0. The van der Waals surface area contributed by atoms with E-state index in [1.54, 1.807) is 0 Å². The summed E-state index contributed by atoms with van der Waals surface area (Å²) in [7, 11) is 0. The molecule has 0 saturated heterocycles. The van der Waals surface area contributed by atoms with Crippen LogP contribution in [0.4, 0.5) is 11.4 Å². The van der Waals surface area contributed by atoms with Crippen LogP contribution in [-0.2, 0) is 5.41 Å². The number of hydrogen-bond donors (Lipinski definition) is 1. The van der Waals surface area contributed by atoms with Gasteiger partial charge in [0.25, 0.3) is 0 Å². The SMILES string of the molecule is CC(C)(C)c1cc2ccccc2c2c1oc1c(Nc3ccccc3-c3ccc4ccccc4c3)cccc12. The van der Waals surface area contributed by atoms with Crippen molar-refractivity contribution in [2.75, 3.05) is 5.32 Å². The first-order valence-corrected chi connectivity index (χ1v) is 13.2. The Bertz CT molecular complexity index is 1990. The lowest BCUT2D eigenvalue weighted by molar-refractivity contribution is 0.574. The van der Waals surface area contributed by atoms with Crippen molar-refractivity contribution in [3.63, 3.8) is 0 Å². The summed E-state index contributed by atoms with van der Waals surface area (Å²) in [5.41, 5.74) is 7.40. The maximum atomic E-state index is 6.76. The van der Waals surface area contributed by atoms with Gasteiger partial charge in [0.15, 0.2) is 5.58 Å². The normalized spacial score (nSPS) is 12.1. The molecule has 0 bridgehead atoms. The summed E-state index contributed by atoms with van der Waals surface area (Å²) < 4.78 is 6.76. The number of nitrogens with one attached hydrogen (secondary N) is 1. The second-order valence-electron chi connectivity index (χ2n) is 11.1. The van der Waals surface area contributed by atoms with Gasteiger partial charge in [0.05, 0.1) is 5.69 Å². The molecule has 0 amide bonds. The third-order valence-electron chi connectivity index (χ3n) is 7.56. The van der Waals surface area contributed by atoms with Crippen molar-refractivity contribution >= 4 is 54.9 Å². The predicted octanol–water partition coefficient (Wildman–Crippen LogP) is 10.6. The summed E-state index contributed by atoms with van der Waals surface area (Å²) in [6.45, 7) is 6.76. The largest absolute Gasteiger partial charge is 0.454 e. The average Bonchev–Trinajstić information content (AvgIpc) is 3.33. The highest BCUT2D eigenvalue weighted by atomic mass is 16.3. The highest BCUT2D eigenvalue weighted by molar-refractivity contribution is 6.21. The zero-order chi connectivity index (χ0) is 25.9. The Kier molecular flexibility index (Phi) is 5.06. The number of anilines is 2. The Morgan fingerprint density at radius 3 is 2.08 bits per heavy atom. The van der Waals surface area contributed by atoms with Crippen LogP contribution in [0.15, 0.2) is 120 Å². The van der Waals surface area contributed by atoms with E-state index >= 15 is 0 Å². The molecular formula is C36H29NO. The highest BCUT2D eigenvalue weighted by Crippen LogP contribution is 2.43. The quantitative estimate of drug-likeness (QED) is 0.266. The van der Waals surface area contributed by atoms with Crippen molar-refractivity contribution in [1.29, 1.82) is 0 Å². The van der Waals surface area contributed by atoms with Crippen LogP contribution in [0.1, 0.15) is 26.3 Å². The smallest absolute Gasteiger partial charge is 0.158 e. The minimum absolute atomic E-state index is 0.0492. The average molecular weight is 492 g/mol. The zero-order valence-electron chi connectivity index (χ0n) is 21.9. The number of hydrogen-bond acceptors (Lipinski definition) is 2. The minimum atomic E-state index is -0.0492. The Balaban J connectivity index is 1.43. The topological polar surface area (TPSA) is 25.2 Å². The molecule has 1 heterocycles. The fourth-order valence-electron chi connectivity index (χ4n) is 5.65. The standard InChI is InChI=1S/C36H29NO/c1-36(2,3)30-22-25-13-6-7-15-28(25)33-29-16-10-18-32(34(29)38-35(30)33)37-31-17-9-8-14-27(31)26-20-19-23-11-4-5-12-24(23)21-26/h4-22,37H,1-3H3. The molecule has 2 nitrogen and oxygen atoms in total. The highest BCUT2D eigenvalue weighted by Gasteiger charge is 2.24. The summed E-state index contributed by atoms with van der Waals surface area (Å²) >= 11 is 0. The molecule has 0 unspecified atom stereocenters. The van der Waals surface area contributed by atoms with Crippen molar-refractivity contribution in [2.24, 2.45) is 0 Å². The van der Waals surface area contributed by atoms with Gasteiger partial charge in [0.1, 0.15) is 5.58 Å². The summed E-state index contributed by atoms with van der Waals surface area (Å²) in [4.78, 5) is 0. The zero-order valence-corrected chi connectivity index (χ0v) is 21.9. The maximum Gasteiger partial charge on any atom is 0.158 e. The van der Waals surface area contributed by atoms with E-state index in [0.29, 0.717) is 0 Å². The van der Waals surface area contributed by atoms with Gasteiger partial charge in [-0.3, -0.25) is 0 Å². The molecule has 7 rings (SSSR count). The van der Waals surface area contributed by atoms with Gasteiger partial charge < -0.3 is 9.73 Å². The van der Waals surface area contributed by atoms with E-state index in [1.807, 2.05) is 0 Å². The number of para-hydroxylation sites is 2. The number of benzene rings is 6. The van der Waals surface area contributed by atoms with Crippen molar-refractivity contribution < 1.29 is 4.42 Å². The van der Waals surface area contributed by atoms with Crippen LogP contribution in [0.2, 0.25) is 0 Å². The molecule has 7 aromatic rings. The van der Waals surface area contributed by atoms with E-state index in [-0.39, 0.29) is 5.41 Å². The first-order chi connectivity index (χ1) is 18.5. The molecule has 0 aliphatic heterocycles. The third kappa shape index (κ3) is 3.64. The molecule has 0 aliphatic carbocycles. The van der Waals surface area contributed by atoms with Crippen molar-refractivity contribution in [3.8, 4) is 11.1 Å². The lowest BCUT2D eigenvalue weighted by atomic mass is 9.84. The molecule has 184 valence electrons. The molecule has 6 aromatic carbocycles. The predicted molar refractivity (Wildman–Crippen MR) is 163 cm³/mol. The first-order valence-electron chi connectivity index (χ1n) is 13.2. The van der Waals surface area contributed by atoms with Crippen LogP contribution >= 0.6 is 0 Å². The fourth-order valence-corrected chi connectivity index (χ4v) is 5.65. The van der Waals surface area contributed by atoms with Crippen LogP contribution < -0.4 is 5.32 Å². The molecule has 2 heteroatoms. The number of rotatable bonds is 3. The molecular weight excluding hydrogens is 462 g/mol. The number of furan rings is 1. The number of fused-ring (bicyclic) bond motifs is 6. The third-order valence-corrected chi connectivity index (χ3v) is 7.56. The van der Waals surface area contributed by atoms with E-state index in [0.717, 1.165) is 33.5 Å². The van der Waals surface area contributed by atoms with Gasteiger partial charge in [-0.2, -0.15) is 0 Å². The summed E-state index contributed by atoms with van der Waals surface area (Å²) in [5.74, 6) is 0. The minimum Gasteiger partial charge on any atom is -0.454 e. The molecule has 0 atom stereocenters. The van der Waals surface area contributed by atoms with Crippen LogP contribution in [0, 0.1) is 0 Å². The molecule has 38 heavy (non-hydrogen) atoms. The van der Waals surface area contributed by atoms with Gasteiger partial charge in [0, 0.05) is 27.6 Å². The summed E-state index contributed by atoms with van der Waals surface area (Å²) in [6, 6.07) is 41.0. The van der Waals surface area contributed by atoms with Gasteiger partial charge >= 0.3 is 0 Å². The molecule has 1 N–H and O–H groups in total. The lowest BCUT2D eigenvalue weighted by Crippen LogP contribution is -2.11. The van der Waals surface area contributed by atoms with Crippen LogP contribution in [-0.4, -0.2) is 0 Å². The Morgan fingerprint density at radius 1 is 0.553 bits per heavy atom. The molecule has 0 radical (unpaired) electrons. The molecule has 0 fully saturated rings. The van der Waals surface area contributed by atoms with Gasteiger partial charge in [-0.25, -0.2) is 0 Å². The fraction of sp³-hybridized carbons (Fsp3) is 0.111. The van der Waals surface area contributed by atoms with E-state index in [9.17, 15) is 0 Å². The molecule has 0 aliphatic rings. The van der Waals surface area contributed by atoms with E-state index < -0.39 is 0 Å². The van der Waals surface area contributed by atoms with Crippen LogP contribution in [0.5, 0.6) is 0 Å². The van der Waals surface area contributed by atoms with E-state index in [4.69, 9.17) is 4.42 Å². The second kappa shape index (κ2) is 8.49. The van der Waals surface area contributed by atoms with E-state index in [2.05, 4.69) is 141 Å². The monoisotopic (exact) mass is 491 g/mol. The van der Waals surface area contributed by atoms with Gasteiger partial charge in [-0.1, -0.05) is 112 Å². The Labute approximate surface area is 222 Å². The Morgan fingerprint density at radius 2 is 1.24 bits per heavy atom. The summed E-state index contributed by atoms with van der Waals surface area (Å²) in [5, 5.41) is 11.0. The Hall–Kier alpha value is -4.56. The van der Waals surface area contributed by atoms with Crippen LogP contribution in [0.3, 0.4) is 0 Å². The molecule has 0 spiro atoms. The van der Waals surface area contributed by atoms with Crippen LogP contribution in [0.25, 0.3) is 54.6 Å². The maximum absolute atomic E-state index is 6.76. The van der Waals surface area contributed by atoms with Gasteiger partial charge in [-0.15, -0.1) is 0 Å². The second-order valence-corrected chi connectivity index (χ2v) is 11.1. The first kappa shape index (κ1) is 22.6. The van der Waals surface area contributed by atoms with Crippen molar-refractivity contribution in [3.05, 3.63) is 121 Å². The lowest BCUT2D eigenvalue weighted by Gasteiger charge is -2.20. The van der Waals surface area contributed by atoms with Crippen molar-refractivity contribution in [2.45, 2.75) is 26.2 Å².